The molecule has 0 aliphatic carbocycles. The molecule has 0 saturated carbocycles. The summed E-state index contributed by atoms with van der Waals surface area (Å²) in [5, 5.41) is 0. The second-order valence-electron chi connectivity index (χ2n) is 6.60. The van der Waals surface area contributed by atoms with Crippen molar-refractivity contribution in [3.05, 3.63) is 65.6 Å². The van der Waals surface area contributed by atoms with E-state index in [1.807, 2.05) is 36.4 Å². The van der Waals surface area contributed by atoms with Crippen LogP contribution >= 0.6 is 0 Å². The van der Waals surface area contributed by atoms with Crippen molar-refractivity contribution in [1.82, 2.24) is 14.9 Å². The number of hydrogen-bond acceptors (Lipinski definition) is 4. The Morgan fingerprint density at radius 2 is 1.50 bits per heavy atom. The molecule has 2 aromatic carbocycles. The third-order valence-corrected chi connectivity index (χ3v) is 4.68. The maximum atomic E-state index is 13.1. The lowest BCUT2D eigenvalue weighted by Gasteiger charge is -2.33. The molecule has 1 aliphatic heterocycles. The fourth-order valence-corrected chi connectivity index (χ4v) is 3.12. The van der Waals surface area contributed by atoms with E-state index >= 15 is 0 Å². The van der Waals surface area contributed by atoms with Crippen LogP contribution in [-0.2, 0) is 0 Å². The first kappa shape index (κ1) is 16.7. The molecule has 2 heterocycles. The molecule has 1 saturated heterocycles. The molecule has 0 atom stereocenters. The van der Waals surface area contributed by atoms with Gasteiger partial charge in [-0.1, -0.05) is 30.3 Å². The van der Waals surface area contributed by atoms with Crippen molar-refractivity contribution in [3.8, 4) is 0 Å². The SMILES string of the molecule is CN1CCN(c2nc3ccccc3nc2/C=C/c2ccc(F)cc2)CC1. The van der Waals surface area contributed by atoms with Crippen molar-refractivity contribution < 1.29 is 4.39 Å². The minimum atomic E-state index is -0.231. The van der Waals surface area contributed by atoms with Crippen LogP contribution in [-0.4, -0.2) is 48.1 Å². The van der Waals surface area contributed by atoms with Gasteiger partial charge in [0.05, 0.1) is 11.0 Å². The van der Waals surface area contributed by atoms with Crippen LogP contribution in [0.5, 0.6) is 0 Å². The van der Waals surface area contributed by atoms with Crippen LogP contribution in [0.4, 0.5) is 10.2 Å². The Kier molecular flexibility index (Phi) is 4.63. The van der Waals surface area contributed by atoms with Gasteiger partial charge >= 0.3 is 0 Å². The van der Waals surface area contributed by atoms with Crippen LogP contribution in [0.15, 0.2) is 48.5 Å². The van der Waals surface area contributed by atoms with Crippen LogP contribution in [0.25, 0.3) is 23.2 Å². The first-order valence-corrected chi connectivity index (χ1v) is 8.83. The molecule has 1 fully saturated rings. The van der Waals surface area contributed by atoms with Gasteiger partial charge in [0, 0.05) is 26.2 Å². The molecule has 0 N–H and O–H groups in total. The number of likely N-dealkylation sites (N-methyl/N-ethyl adjacent to an activating group) is 1. The number of aromatic nitrogens is 2. The van der Waals surface area contributed by atoms with Crippen LogP contribution < -0.4 is 4.90 Å². The molecule has 0 unspecified atom stereocenters. The van der Waals surface area contributed by atoms with Gasteiger partial charge in [0.1, 0.15) is 11.5 Å². The summed E-state index contributed by atoms with van der Waals surface area (Å²) in [7, 11) is 2.14. The molecule has 0 bridgehead atoms. The quantitative estimate of drug-likeness (QED) is 0.723. The Balaban J connectivity index is 1.73. The number of hydrogen-bond donors (Lipinski definition) is 0. The Labute approximate surface area is 152 Å². The number of fused-ring (bicyclic) bond motifs is 1. The molecule has 0 radical (unpaired) electrons. The number of anilines is 1. The lowest BCUT2D eigenvalue weighted by molar-refractivity contribution is 0.312. The van der Waals surface area contributed by atoms with Crippen LogP contribution in [0.1, 0.15) is 11.3 Å². The third-order valence-electron chi connectivity index (χ3n) is 4.68. The highest BCUT2D eigenvalue weighted by Crippen LogP contribution is 2.23. The van der Waals surface area contributed by atoms with Gasteiger partial charge < -0.3 is 9.80 Å². The fraction of sp³-hybridized carbons (Fsp3) is 0.238. The van der Waals surface area contributed by atoms with Gasteiger partial charge in [-0.2, -0.15) is 0 Å². The van der Waals surface area contributed by atoms with Crippen molar-refractivity contribution in [1.29, 1.82) is 0 Å². The minimum absolute atomic E-state index is 0.231. The first-order chi connectivity index (χ1) is 12.7. The van der Waals surface area contributed by atoms with E-state index in [9.17, 15) is 4.39 Å². The highest BCUT2D eigenvalue weighted by atomic mass is 19.1. The minimum Gasteiger partial charge on any atom is -0.352 e. The number of nitrogens with zero attached hydrogens (tertiary/aromatic N) is 4. The smallest absolute Gasteiger partial charge is 0.155 e. The van der Waals surface area contributed by atoms with Crippen LogP contribution in [0.3, 0.4) is 0 Å². The molecular weight excluding hydrogens is 327 g/mol. The van der Waals surface area contributed by atoms with Gasteiger partial charge in [-0.3, -0.25) is 0 Å². The molecule has 4 nitrogen and oxygen atoms in total. The molecule has 0 spiro atoms. The van der Waals surface area contributed by atoms with Gasteiger partial charge in [-0.05, 0) is 43.0 Å². The van der Waals surface area contributed by atoms with Gasteiger partial charge in [-0.15, -0.1) is 0 Å². The van der Waals surface area contributed by atoms with Crippen molar-refractivity contribution in [2.45, 2.75) is 0 Å². The zero-order chi connectivity index (χ0) is 17.9. The van der Waals surface area contributed by atoms with Gasteiger partial charge in [0.2, 0.25) is 0 Å². The largest absolute Gasteiger partial charge is 0.352 e. The molecule has 5 heteroatoms. The Hall–Kier alpha value is -2.79. The molecule has 0 amide bonds. The van der Waals surface area contributed by atoms with E-state index in [-0.39, 0.29) is 5.82 Å². The maximum absolute atomic E-state index is 13.1. The molecule has 26 heavy (non-hydrogen) atoms. The summed E-state index contributed by atoms with van der Waals surface area (Å²) in [4.78, 5) is 14.3. The average molecular weight is 348 g/mol. The maximum Gasteiger partial charge on any atom is 0.155 e. The van der Waals surface area contributed by atoms with E-state index in [1.165, 1.54) is 12.1 Å². The Morgan fingerprint density at radius 1 is 0.846 bits per heavy atom. The molecule has 1 aliphatic rings. The Morgan fingerprint density at radius 3 is 2.19 bits per heavy atom. The van der Waals surface area contributed by atoms with Crippen molar-refractivity contribution in [3.63, 3.8) is 0 Å². The van der Waals surface area contributed by atoms with E-state index in [1.54, 1.807) is 12.1 Å². The second kappa shape index (κ2) is 7.22. The summed E-state index contributed by atoms with van der Waals surface area (Å²) >= 11 is 0. The zero-order valence-electron chi connectivity index (χ0n) is 14.8. The summed E-state index contributed by atoms with van der Waals surface area (Å²) in [6, 6.07) is 14.4. The zero-order valence-corrected chi connectivity index (χ0v) is 14.8. The van der Waals surface area contributed by atoms with Crippen molar-refractivity contribution in [2.75, 3.05) is 38.1 Å². The van der Waals surface area contributed by atoms with E-state index in [2.05, 4.69) is 16.8 Å². The lowest BCUT2D eigenvalue weighted by Crippen LogP contribution is -2.45. The van der Waals surface area contributed by atoms with Crippen LogP contribution in [0, 0.1) is 5.82 Å². The predicted octanol–water partition coefficient (Wildman–Crippen LogP) is 3.69. The molecule has 132 valence electrons. The number of piperazine rings is 1. The van der Waals surface area contributed by atoms with Gasteiger partial charge in [-0.25, -0.2) is 14.4 Å². The highest BCUT2D eigenvalue weighted by molar-refractivity contribution is 5.82. The van der Waals surface area contributed by atoms with E-state index in [4.69, 9.17) is 9.97 Å². The number of benzene rings is 2. The molecule has 3 aromatic rings. The molecule has 4 rings (SSSR count). The monoisotopic (exact) mass is 348 g/mol. The summed E-state index contributed by atoms with van der Waals surface area (Å²) in [6.07, 6.45) is 3.93. The van der Waals surface area contributed by atoms with Gasteiger partial charge in [0.25, 0.3) is 0 Å². The summed E-state index contributed by atoms with van der Waals surface area (Å²) in [5.74, 6) is 0.681. The molecule has 1 aromatic heterocycles. The first-order valence-electron chi connectivity index (χ1n) is 8.83. The molecular formula is C21H21FN4. The average Bonchev–Trinajstić information content (AvgIpc) is 2.67. The van der Waals surface area contributed by atoms with Crippen molar-refractivity contribution in [2.24, 2.45) is 0 Å². The second-order valence-corrected chi connectivity index (χ2v) is 6.60. The fourth-order valence-electron chi connectivity index (χ4n) is 3.12. The topological polar surface area (TPSA) is 32.3 Å². The predicted molar refractivity (Wildman–Crippen MR) is 105 cm³/mol. The number of rotatable bonds is 3. The standard InChI is InChI=1S/C21H21FN4/c1-25-12-14-26(15-13-25)21-20(11-8-16-6-9-17(22)10-7-16)23-18-4-2-3-5-19(18)24-21/h2-11H,12-15H2,1H3/b11-8+. The third kappa shape index (κ3) is 3.58. The van der Waals surface area contributed by atoms with Gasteiger partial charge in [0.15, 0.2) is 5.82 Å². The van der Waals surface area contributed by atoms with E-state index in [0.717, 1.165) is 54.3 Å². The highest BCUT2D eigenvalue weighted by Gasteiger charge is 2.19. The van der Waals surface area contributed by atoms with E-state index in [0.29, 0.717) is 0 Å². The number of halogens is 1. The summed E-state index contributed by atoms with van der Waals surface area (Å²) in [6.45, 7) is 3.88. The summed E-state index contributed by atoms with van der Waals surface area (Å²) in [5.41, 5.74) is 3.56. The van der Waals surface area contributed by atoms with Crippen molar-refractivity contribution >= 4 is 29.0 Å². The van der Waals surface area contributed by atoms with E-state index < -0.39 is 0 Å². The summed E-state index contributed by atoms with van der Waals surface area (Å²) < 4.78 is 13.1. The Bertz CT molecular complexity index is 928. The van der Waals surface area contributed by atoms with Crippen LogP contribution in [0.2, 0.25) is 0 Å². The number of para-hydroxylation sites is 2. The normalized spacial score (nSPS) is 15.8. The lowest BCUT2D eigenvalue weighted by atomic mass is 10.2.